The number of benzene rings is 2. The number of aromatic nitrogens is 1. The molecule has 0 spiro atoms. The van der Waals surface area contributed by atoms with E-state index >= 15 is 0 Å². The molecule has 0 atom stereocenters. The molecule has 5 heteroatoms. The predicted molar refractivity (Wildman–Crippen MR) is 95.4 cm³/mol. The van der Waals surface area contributed by atoms with E-state index in [9.17, 15) is 9.59 Å². The summed E-state index contributed by atoms with van der Waals surface area (Å²) in [5.74, 6) is -0.203. The van der Waals surface area contributed by atoms with Gasteiger partial charge in [-0.15, -0.1) is 0 Å². The second-order valence-electron chi connectivity index (χ2n) is 5.30. The molecule has 0 bridgehead atoms. The van der Waals surface area contributed by atoms with Crippen molar-refractivity contribution in [1.29, 1.82) is 0 Å². The number of esters is 1. The molecular formula is C19H17NO3S. The van der Waals surface area contributed by atoms with E-state index in [1.54, 1.807) is 22.3 Å². The Hall–Kier alpha value is -2.66. The summed E-state index contributed by atoms with van der Waals surface area (Å²) in [5, 5.41) is 1.78. The number of carbonyl (C=O) groups is 1. The zero-order valence-electron chi connectivity index (χ0n) is 13.3. The Labute approximate surface area is 144 Å². The van der Waals surface area contributed by atoms with Crippen LogP contribution in [0.2, 0.25) is 0 Å². The van der Waals surface area contributed by atoms with Crippen LogP contribution in [0.4, 0.5) is 0 Å². The first-order valence-electron chi connectivity index (χ1n) is 7.70. The van der Waals surface area contributed by atoms with Gasteiger partial charge < -0.3 is 4.74 Å². The lowest BCUT2D eigenvalue weighted by atomic mass is 10.0. The highest BCUT2D eigenvalue weighted by molar-refractivity contribution is 7.04. The molecule has 0 N–H and O–H groups in total. The monoisotopic (exact) mass is 339 g/mol. The maximum atomic E-state index is 11.7. The van der Waals surface area contributed by atoms with Crippen LogP contribution < -0.4 is 5.56 Å². The predicted octanol–water partition coefficient (Wildman–Crippen LogP) is 4.02. The lowest BCUT2D eigenvalue weighted by Gasteiger charge is -2.08. The third-order valence-corrected chi connectivity index (χ3v) is 4.49. The highest BCUT2D eigenvalue weighted by Gasteiger charge is 2.04. The number of rotatable bonds is 5. The highest BCUT2D eigenvalue weighted by atomic mass is 32.1. The van der Waals surface area contributed by atoms with Crippen LogP contribution in [0, 0.1) is 0 Å². The minimum Gasteiger partial charge on any atom is -0.461 e. The molecule has 122 valence electrons. The zero-order chi connectivity index (χ0) is 16.9. The quantitative estimate of drug-likeness (QED) is 0.660. The first kappa shape index (κ1) is 16.2. The Morgan fingerprint density at radius 1 is 1.08 bits per heavy atom. The van der Waals surface area contributed by atoms with Gasteiger partial charge in [0.25, 0.3) is 5.56 Å². The molecule has 1 heterocycles. The third-order valence-electron chi connectivity index (χ3n) is 3.63. The fourth-order valence-electron chi connectivity index (χ4n) is 2.35. The second kappa shape index (κ2) is 7.27. The lowest BCUT2D eigenvalue weighted by molar-refractivity contribution is -0.144. The van der Waals surface area contributed by atoms with E-state index in [2.05, 4.69) is 0 Å². The average Bonchev–Trinajstić information content (AvgIpc) is 3.06. The van der Waals surface area contributed by atoms with Crippen molar-refractivity contribution in [1.82, 2.24) is 3.96 Å². The maximum absolute atomic E-state index is 11.7. The van der Waals surface area contributed by atoms with Crippen LogP contribution in [0.3, 0.4) is 0 Å². The van der Waals surface area contributed by atoms with Crippen molar-refractivity contribution >= 4 is 17.5 Å². The topological polar surface area (TPSA) is 48.3 Å². The van der Waals surface area contributed by atoms with Gasteiger partial charge in [-0.2, -0.15) is 0 Å². The smallest absolute Gasteiger partial charge is 0.305 e. The van der Waals surface area contributed by atoms with E-state index < -0.39 is 0 Å². The molecular weight excluding hydrogens is 322 g/mol. The Balaban J connectivity index is 1.80. The molecule has 0 aliphatic carbocycles. The molecule has 2 aromatic carbocycles. The molecule has 1 aromatic heterocycles. The first-order valence-corrected chi connectivity index (χ1v) is 8.53. The molecule has 3 rings (SSSR count). The summed E-state index contributed by atoms with van der Waals surface area (Å²) in [6, 6.07) is 17.3. The van der Waals surface area contributed by atoms with Crippen molar-refractivity contribution in [2.75, 3.05) is 0 Å². The van der Waals surface area contributed by atoms with Crippen molar-refractivity contribution in [3.05, 3.63) is 75.9 Å². The summed E-state index contributed by atoms with van der Waals surface area (Å²) in [6.45, 7) is 2.06. The van der Waals surface area contributed by atoms with Gasteiger partial charge >= 0.3 is 5.97 Å². The standard InChI is InChI=1S/C19H17NO3S/c1-2-19(22)23-13-14-4-3-5-16(12-14)15-6-8-17(9-7-15)20-18(21)10-11-24-20/h3-12H,2,13H2,1H3. The van der Waals surface area contributed by atoms with E-state index in [0.717, 1.165) is 22.4 Å². The van der Waals surface area contributed by atoms with Gasteiger partial charge in [0.2, 0.25) is 0 Å². The molecule has 0 saturated heterocycles. The van der Waals surface area contributed by atoms with Crippen molar-refractivity contribution in [3.63, 3.8) is 0 Å². The molecule has 0 fully saturated rings. The molecule has 24 heavy (non-hydrogen) atoms. The molecule has 0 aliphatic rings. The van der Waals surface area contributed by atoms with Crippen LogP contribution in [-0.2, 0) is 16.1 Å². The molecule has 0 aliphatic heterocycles. The average molecular weight is 339 g/mol. The maximum Gasteiger partial charge on any atom is 0.305 e. The number of carbonyl (C=O) groups excluding carboxylic acids is 1. The van der Waals surface area contributed by atoms with Crippen molar-refractivity contribution in [2.45, 2.75) is 20.0 Å². The summed E-state index contributed by atoms with van der Waals surface area (Å²) in [6.07, 6.45) is 0.378. The number of hydrogen-bond acceptors (Lipinski definition) is 4. The van der Waals surface area contributed by atoms with Crippen LogP contribution in [-0.4, -0.2) is 9.93 Å². The molecule has 0 unspecified atom stereocenters. The van der Waals surface area contributed by atoms with E-state index in [0.29, 0.717) is 6.42 Å². The SMILES string of the molecule is CCC(=O)OCc1cccc(-c2ccc(-n3sccc3=O)cc2)c1. The van der Waals surface area contributed by atoms with Crippen LogP contribution in [0.5, 0.6) is 0 Å². The summed E-state index contributed by atoms with van der Waals surface area (Å²) in [7, 11) is 0. The molecule has 3 aromatic rings. The van der Waals surface area contributed by atoms with Crippen LogP contribution >= 0.6 is 11.5 Å². The molecule has 0 radical (unpaired) electrons. The molecule has 4 nitrogen and oxygen atoms in total. The second-order valence-corrected chi connectivity index (χ2v) is 6.15. The van der Waals surface area contributed by atoms with Gasteiger partial charge in [-0.25, -0.2) is 3.96 Å². The van der Waals surface area contributed by atoms with Crippen LogP contribution in [0.15, 0.2) is 64.8 Å². The summed E-state index contributed by atoms with van der Waals surface area (Å²) in [4.78, 5) is 23.0. The van der Waals surface area contributed by atoms with E-state index in [1.165, 1.54) is 11.5 Å². The van der Waals surface area contributed by atoms with Crippen molar-refractivity contribution in [2.24, 2.45) is 0 Å². The lowest BCUT2D eigenvalue weighted by Crippen LogP contribution is -2.08. The Morgan fingerprint density at radius 3 is 2.54 bits per heavy atom. The summed E-state index contributed by atoms with van der Waals surface area (Å²) in [5.41, 5.74) is 3.88. The largest absolute Gasteiger partial charge is 0.461 e. The van der Waals surface area contributed by atoms with E-state index in [1.807, 2.05) is 48.5 Å². The zero-order valence-corrected chi connectivity index (χ0v) is 14.1. The van der Waals surface area contributed by atoms with Gasteiger partial charge in [0.05, 0.1) is 5.69 Å². The van der Waals surface area contributed by atoms with Crippen LogP contribution in [0.1, 0.15) is 18.9 Å². The van der Waals surface area contributed by atoms with E-state index in [-0.39, 0.29) is 18.1 Å². The van der Waals surface area contributed by atoms with Gasteiger partial charge in [-0.1, -0.05) is 48.8 Å². The minimum atomic E-state index is -0.203. The van der Waals surface area contributed by atoms with Gasteiger partial charge in [0.1, 0.15) is 6.61 Å². The molecule has 0 saturated carbocycles. The summed E-state index contributed by atoms with van der Waals surface area (Å²) >= 11 is 1.37. The normalized spacial score (nSPS) is 10.5. The Kier molecular flexibility index (Phi) is 4.91. The van der Waals surface area contributed by atoms with Crippen molar-refractivity contribution < 1.29 is 9.53 Å². The first-order chi connectivity index (χ1) is 11.7. The number of nitrogens with zero attached hydrogens (tertiary/aromatic N) is 1. The van der Waals surface area contributed by atoms with Gasteiger partial charge in [-0.05, 0) is 34.9 Å². The van der Waals surface area contributed by atoms with Crippen LogP contribution in [0.25, 0.3) is 16.8 Å². The summed E-state index contributed by atoms with van der Waals surface area (Å²) < 4.78 is 6.82. The Bertz CT molecular complexity index is 893. The van der Waals surface area contributed by atoms with Crippen molar-refractivity contribution in [3.8, 4) is 16.8 Å². The third kappa shape index (κ3) is 3.63. The van der Waals surface area contributed by atoms with Gasteiger partial charge in [0.15, 0.2) is 0 Å². The number of hydrogen-bond donors (Lipinski definition) is 0. The Morgan fingerprint density at radius 2 is 1.88 bits per heavy atom. The van der Waals surface area contributed by atoms with Gasteiger partial charge in [-0.3, -0.25) is 9.59 Å². The molecule has 0 amide bonds. The fraction of sp³-hybridized carbons (Fsp3) is 0.158. The van der Waals surface area contributed by atoms with E-state index in [4.69, 9.17) is 4.74 Å². The fourth-order valence-corrected chi connectivity index (χ4v) is 3.06. The number of ether oxygens (including phenoxy) is 1. The van der Waals surface area contributed by atoms with Gasteiger partial charge in [0, 0.05) is 17.9 Å². The minimum absolute atomic E-state index is 0.0208. The highest BCUT2D eigenvalue weighted by Crippen LogP contribution is 2.22.